The summed E-state index contributed by atoms with van der Waals surface area (Å²) in [6, 6.07) is 8.83. The number of carbonyl (C=O) groups is 2. The Morgan fingerprint density at radius 1 is 1.07 bits per heavy atom. The Morgan fingerprint density at radius 3 is 2.33 bits per heavy atom. The van der Waals surface area contributed by atoms with E-state index in [4.69, 9.17) is 23.2 Å². The molecular weight excluding hydrogens is 457 g/mol. The van der Waals surface area contributed by atoms with Crippen LogP contribution in [0, 0.1) is 10.1 Å². The van der Waals surface area contributed by atoms with Crippen LogP contribution in [0.4, 0.5) is 5.69 Å². The number of sulfonamides is 1. The van der Waals surface area contributed by atoms with Crippen molar-refractivity contribution in [1.82, 2.24) is 9.62 Å². The summed E-state index contributed by atoms with van der Waals surface area (Å²) in [6.45, 7) is -1.05. The Hall–Kier alpha value is -2.95. The fraction of sp³-hybridized carbons (Fsp3) is 0.111. The number of rotatable bonds is 4. The molecule has 0 aliphatic carbocycles. The van der Waals surface area contributed by atoms with Crippen LogP contribution in [0.25, 0.3) is 6.08 Å². The van der Waals surface area contributed by atoms with E-state index in [0.717, 1.165) is 12.1 Å². The topological polar surface area (TPSA) is 127 Å². The van der Waals surface area contributed by atoms with E-state index in [1.807, 2.05) is 0 Å². The monoisotopic (exact) mass is 469 g/mol. The molecule has 2 aromatic carbocycles. The van der Waals surface area contributed by atoms with Gasteiger partial charge in [0.2, 0.25) is 5.91 Å². The highest BCUT2D eigenvalue weighted by Gasteiger charge is 2.35. The van der Waals surface area contributed by atoms with E-state index in [0.29, 0.717) is 9.33 Å². The summed E-state index contributed by atoms with van der Waals surface area (Å²) in [7, 11) is -4.38. The molecule has 2 aromatic rings. The molecule has 0 bridgehead atoms. The van der Waals surface area contributed by atoms with Crippen molar-refractivity contribution in [3.05, 3.63) is 73.8 Å². The van der Waals surface area contributed by atoms with E-state index in [9.17, 15) is 28.1 Å². The van der Waals surface area contributed by atoms with Crippen LogP contribution in [0.3, 0.4) is 0 Å². The summed E-state index contributed by atoms with van der Waals surface area (Å²) >= 11 is 11.7. The third-order valence-electron chi connectivity index (χ3n) is 4.18. The fourth-order valence-electron chi connectivity index (χ4n) is 2.72. The minimum atomic E-state index is -4.38. The average Bonchev–Trinajstić information content (AvgIpc) is 2.82. The second-order valence-corrected chi connectivity index (χ2v) is 8.91. The minimum absolute atomic E-state index is 0.00385. The quantitative estimate of drug-likeness (QED) is 0.416. The first-order valence-corrected chi connectivity index (χ1v) is 10.5. The molecule has 3 rings (SSSR count). The van der Waals surface area contributed by atoms with Gasteiger partial charge in [-0.3, -0.25) is 19.7 Å². The molecule has 0 aromatic heterocycles. The van der Waals surface area contributed by atoms with Crippen LogP contribution >= 0.6 is 23.2 Å². The van der Waals surface area contributed by atoms with Crippen molar-refractivity contribution >= 4 is 56.8 Å². The minimum Gasteiger partial charge on any atom is -0.350 e. The molecule has 1 fully saturated rings. The first-order chi connectivity index (χ1) is 14.1. The van der Waals surface area contributed by atoms with Crippen molar-refractivity contribution in [2.75, 3.05) is 13.1 Å². The smallest absolute Gasteiger partial charge is 0.276 e. The maximum Gasteiger partial charge on any atom is 0.276 e. The lowest BCUT2D eigenvalue weighted by Crippen LogP contribution is -2.40. The molecule has 1 heterocycles. The predicted octanol–water partition coefficient (Wildman–Crippen LogP) is 2.63. The number of halogens is 2. The van der Waals surface area contributed by atoms with E-state index in [-0.39, 0.29) is 33.3 Å². The van der Waals surface area contributed by atoms with Gasteiger partial charge in [0.1, 0.15) is 6.54 Å². The van der Waals surface area contributed by atoms with Crippen LogP contribution < -0.4 is 5.32 Å². The van der Waals surface area contributed by atoms with Gasteiger partial charge in [-0.15, -0.1) is 0 Å². The molecule has 1 N–H and O–H groups in total. The molecule has 0 atom stereocenters. The van der Waals surface area contributed by atoms with Crippen LogP contribution in [0.1, 0.15) is 5.56 Å². The molecule has 1 aliphatic heterocycles. The predicted molar refractivity (Wildman–Crippen MR) is 109 cm³/mol. The second-order valence-electron chi connectivity index (χ2n) is 6.18. The largest absolute Gasteiger partial charge is 0.350 e. The van der Waals surface area contributed by atoms with E-state index < -0.39 is 33.3 Å². The first-order valence-electron chi connectivity index (χ1n) is 8.33. The van der Waals surface area contributed by atoms with Crippen LogP contribution in [0.15, 0.2) is 52.9 Å². The van der Waals surface area contributed by atoms with Crippen LogP contribution in [0.5, 0.6) is 0 Å². The lowest BCUT2D eigenvalue weighted by atomic mass is 10.1. The summed E-state index contributed by atoms with van der Waals surface area (Å²) < 4.78 is 26.3. The van der Waals surface area contributed by atoms with Crippen molar-refractivity contribution in [2.24, 2.45) is 0 Å². The molecule has 30 heavy (non-hydrogen) atoms. The number of nitro benzene ring substituents is 1. The van der Waals surface area contributed by atoms with Gasteiger partial charge in [0.15, 0.2) is 0 Å². The molecule has 12 heteroatoms. The zero-order chi connectivity index (χ0) is 22.1. The van der Waals surface area contributed by atoms with Gasteiger partial charge in [-0.25, -0.2) is 12.7 Å². The Labute approximate surface area is 181 Å². The first kappa shape index (κ1) is 21.8. The zero-order valence-electron chi connectivity index (χ0n) is 15.0. The van der Waals surface area contributed by atoms with Crippen molar-refractivity contribution in [3.8, 4) is 0 Å². The van der Waals surface area contributed by atoms with Crippen molar-refractivity contribution in [1.29, 1.82) is 0 Å². The molecule has 0 radical (unpaired) electrons. The van der Waals surface area contributed by atoms with Gasteiger partial charge in [0.05, 0.1) is 15.4 Å². The second kappa shape index (κ2) is 8.42. The Kier molecular flexibility index (Phi) is 6.11. The standard InChI is InChI=1S/C18H13Cl2N3O6S/c19-13-1-4-15(5-2-13)30(28,29)22-10-17(24)21-9-12(18(22)25)7-11-8-14(20)3-6-16(11)23(26)27/h1-8H,9-10H2,(H,21,24). The molecule has 9 nitrogen and oxygen atoms in total. The van der Waals surface area contributed by atoms with Crippen molar-refractivity contribution < 1.29 is 22.9 Å². The van der Waals surface area contributed by atoms with E-state index >= 15 is 0 Å². The Morgan fingerprint density at radius 2 is 1.70 bits per heavy atom. The molecule has 2 amide bonds. The van der Waals surface area contributed by atoms with Crippen LogP contribution in [-0.2, 0) is 19.6 Å². The van der Waals surface area contributed by atoms with Crippen molar-refractivity contribution in [2.45, 2.75) is 4.90 Å². The summed E-state index contributed by atoms with van der Waals surface area (Å²) in [5, 5.41) is 14.2. The molecule has 156 valence electrons. The highest BCUT2D eigenvalue weighted by molar-refractivity contribution is 7.89. The molecule has 1 aliphatic rings. The third-order valence-corrected chi connectivity index (χ3v) is 6.41. The molecule has 1 saturated heterocycles. The molecule has 0 spiro atoms. The average molecular weight is 470 g/mol. The summed E-state index contributed by atoms with van der Waals surface area (Å²) in [6.07, 6.45) is 1.14. The van der Waals surface area contributed by atoms with E-state index in [1.165, 1.54) is 36.4 Å². The highest BCUT2D eigenvalue weighted by Crippen LogP contribution is 2.27. The Bertz CT molecular complexity index is 1180. The molecule has 0 unspecified atom stereocenters. The zero-order valence-corrected chi connectivity index (χ0v) is 17.4. The number of nitrogens with zero attached hydrogens (tertiary/aromatic N) is 2. The lowest BCUT2D eigenvalue weighted by Gasteiger charge is -2.20. The number of hydrogen-bond acceptors (Lipinski definition) is 6. The van der Waals surface area contributed by atoms with Gasteiger partial charge in [0, 0.05) is 28.2 Å². The van der Waals surface area contributed by atoms with Gasteiger partial charge in [-0.2, -0.15) is 0 Å². The van der Waals surface area contributed by atoms with Gasteiger partial charge in [0.25, 0.3) is 21.6 Å². The van der Waals surface area contributed by atoms with Gasteiger partial charge < -0.3 is 5.32 Å². The number of carbonyl (C=O) groups excluding carboxylic acids is 2. The molecule has 0 saturated carbocycles. The summed E-state index contributed by atoms with van der Waals surface area (Å²) in [4.78, 5) is 35.4. The van der Waals surface area contributed by atoms with Gasteiger partial charge in [-0.05, 0) is 42.5 Å². The number of amides is 2. The normalized spacial score (nSPS) is 16.3. The van der Waals surface area contributed by atoms with Gasteiger partial charge >= 0.3 is 0 Å². The SMILES string of the molecule is O=C1CN(S(=O)(=O)c2ccc(Cl)cc2)C(=O)C(=Cc2cc(Cl)ccc2[N+](=O)[O-])CN1. The van der Waals surface area contributed by atoms with Crippen LogP contribution in [-0.4, -0.2) is 42.6 Å². The number of hydrogen-bond donors (Lipinski definition) is 1. The summed E-state index contributed by atoms with van der Waals surface area (Å²) in [5.41, 5.74) is -0.498. The number of benzene rings is 2. The summed E-state index contributed by atoms with van der Waals surface area (Å²) in [5.74, 6) is -1.69. The fourth-order valence-corrected chi connectivity index (χ4v) is 4.39. The van der Waals surface area contributed by atoms with Crippen molar-refractivity contribution in [3.63, 3.8) is 0 Å². The maximum atomic E-state index is 13.0. The third kappa shape index (κ3) is 4.45. The number of nitro groups is 1. The maximum absolute atomic E-state index is 13.0. The van der Waals surface area contributed by atoms with E-state index in [2.05, 4.69) is 5.32 Å². The van der Waals surface area contributed by atoms with Gasteiger partial charge in [-0.1, -0.05) is 23.2 Å². The molecular formula is C18H13Cl2N3O6S. The number of nitrogens with one attached hydrogen (secondary N) is 1. The Balaban J connectivity index is 2.09. The van der Waals surface area contributed by atoms with E-state index in [1.54, 1.807) is 0 Å². The van der Waals surface area contributed by atoms with Crippen LogP contribution in [0.2, 0.25) is 10.0 Å². The highest BCUT2D eigenvalue weighted by atomic mass is 35.5. The lowest BCUT2D eigenvalue weighted by molar-refractivity contribution is -0.385.